The Kier molecular flexibility index (Phi) is 7.65. The van der Waals surface area contributed by atoms with Crippen LogP contribution in [0.2, 0.25) is 5.02 Å². The van der Waals surface area contributed by atoms with E-state index in [1.165, 1.54) is 19.1 Å². The smallest absolute Gasteiger partial charge is 0.322 e. The first-order valence-electron chi connectivity index (χ1n) is 11.5. The van der Waals surface area contributed by atoms with Crippen molar-refractivity contribution < 1.29 is 23.1 Å². The topological polar surface area (TPSA) is 104 Å². The number of anilines is 1. The molecule has 2 amide bonds. The van der Waals surface area contributed by atoms with E-state index in [1.807, 2.05) is 6.08 Å². The van der Waals surface area contributed by atoms with Crippen LogP contribution in [0, 0.1) is 6.92 Å². The molecule has 0 saturated heterocycles. The first-order valence-corrected chi connectivity index (χ1v) is 11.9. The number of amides is 2. The highest BCUT2D eigenvalue weighted by Gasteiger charge is 2.30. The second-order valence-electron chi connectivity index (χ2n) is 8.54. The van der Waals surface area contributed by atoms with Gasteiger partial charge in [-0.2, -0.15) is 0 Å². The summed E-state index contributed by atoms with van der Waals surface area (Å²) in [6.07, 6.45) is 4.19. The molecule has 0 saturated carbocycles. The van der Waals surface area contributed by atoms with Crippen LogP contribution in [0.1, 0.15) is 53.9 Å². The standard InChI is InChI=1S/C25H26ClF2N5O3/c1-3-25(27,28)19-5-4-18(10-15(19)2)30-24(35)33-8-6-17(7-9-33)23-20(26)11-16(13-29-23)12-21-31-32-22(14-34)36-21/h4-6,10-11,13,34H,3,7-9,12,14H2,1-2H3,(H,30,35). The van der Waals surface area contributed by atoms with Crippen LogP contribution >= 0.6 is 11.6 Å². The predicted molar refractivity (Wildman–Crippen MR) is 131 cm³/mol. The Hall–Kier alpha value is -3.37. The number of benzene rings is 1. The minimum Gasteiger partial charge on any atom is -0.422 e. The average Bonchev–Trinajstić information content (AvgIpc) is 3.31. The molecule has 1 aliphatic rings. The summed E-state index contributed by atoms with van der Waals surface area (Å²) in [7, 11) is 0. The van der Waals surface area contributed by atoms with Crippen molar-refractivity contribution in [3.05, 3.63) is 75.7 Å². The number of pyridine rings is 1. The molecule has 190 valence electrons. The van der Waals surface area contributed by atoms with Gasteiger partial charge in [0, 0.05) is 37.0 Å². The van der Waals surface area contributed by atoms with Crippen LogP contribution < -0.4 is 5.32 Å². The lowest BCUT2D eigenvalue weighted by atomic mass is 10.00. The van der Waals surface area contributed by atoms with Crippen molar-refractivity contribution in [1.29, 1.82) is 0 Å². The molecule has 0 unspecified atom stereocenters. The Labute approximate surface area is 212 Å². The van der Waals surface area contributed by atoms with Crippen LogP contribution in [0.25, 0.3) is 5.57 Å². The van der Waals surface area contributed by atoms with Crippen LogP contribution in [0.5, 0.6) is 0 Å². The molecule has 0 radical (unpaired) electrons. The van der Waals surface area contributed by atoms with E-state index < -0.39 is 5.92 Å². The molecule has 1 aromatic carbocycles. The second-order valence-corrected chi connectivity index (χ2v) is 8.95. The van der Waals surface area contributed by atoms with Gasteiger partial charge in [-0.05, 0) is 48.2 Å². The number of hydrogen-bond donors (Lipinski definition) is 2. The number of nitrogens with one attached hydrogen (secondary N) is 1. The summed E-state index contributed by atoms with van der Waals surface area (Å²) in [6, 6.07) is 5.90. The maximum atomic E-state index is 14.0. The fourth-order valence-electron chi connectivity index (χ4n) is 4.02. The molecule has 0 bridgehead atoms. The van der Waals surface area contributed by atoms with Gasteiger partial charge in [0.25, 0.3) is 5.92 Å². The second kappa shape index (κ2) is 10.7. The number of hydrogen-bond acceptors (Lipinski definition) is 6. The number of alkyl halides is 2. The number of rotatable bonds is 7. The molecule has 4 rings (SSSR count). The number of carbonyl (C=O) groups excluding carboxylic acids is 1. The largest absolute Gasteiger partial charge is 0.422 e. The molecular weight excluding hydrogens is 492 g/mol. The highest BCUT2D eigenvalue weighted by Crippen LogP contribution is 2.34. The number of carbonyl (C=O) groups is 1. The van der Waals surface area contributed by atoms with Gasteiger partial charge < -0.3 is 19.7 Å². The van der Waals surface area contributed by atoms with E-state index in [2.05, 4.69) is 20.5 Å². The Morgan fingerprint density at radius 3 is 2.67 bits per heavy atom. The summed E-state index contributed by atoms with van der Waals surface area (Å²) in [6.45, 7) is 3.54. The Morgan fingerprint density at radius 1 is 1.28 bits per heavy atom. The molecular formula is C25H26ClF2N5O3. The minimum atomic E-state index is -2.90. The van der Waals surface area contributed by atoms with Gasteiger partial charge in [-0.1, -0.05) is 30.7 Å². The van der Waals surface area contributed by atoms with Crippen molar-refractivity contribution in [3.8, 4) is 0 Å². The molecule has 1 aliphatic heterocycles. The number of aromatic nitrogens is 3. The Balaban J connectivity index is 1.38. The number of nitrogens with zero attached hydrogens (tertiary/aromatic N) is 4. The van der Waals surface area contributed by atoms with Crippen molar-refractivity contribution in [2.75, 3.05) is 18.4 Å². The summed E-state index contributed by atoms with van der Waals surface area (Å²) in [5.41, 5.74) is 3.22. The summed E-state index contributed by atoms with van der Waals surface area (Å²) < 4.78 is 33.4. The maximum Gasteiger partial charge on any atom is 0.322 e. The van der Waals surface area contributed by atoms with E-state index in [4.69, 9.17) is 21.1 Å². The highest BCUT2D eigenvalue weighted by atomic mass is 35.5. The van der Waals surface area contributed by atoms with Crippen LogP contribution in [-0.2, 0) is 19.0 Å². The number of halogens is 3. The molecule has 0 spiro atoms. The van der Waals surface area contributed by atoms with E-state index in [9.17, 15) is 13.6 Å². The number of aliphatic hydroxyl groups is 1. The van der Waals surface area contributed by atoms with Gasteiger partial charge in [0.2, 0.25) is 11.8 Å². The first-order chi connectivity index (χ1) is 17.2. The lowest BCUT2D eigenvalue weighted by Gasteiger charge is -2.27. The zero-order valence-corrected chi connectivity index (χ0v) is 20.6. The third-order valence-electron chi connectivity index (χ3n) is 6.01. The molecule has 3 aromatic rings. The zero-order chi connectivity index (χ0) is 25.9. The summed E-state index contributed by atoms with van der Waals surface area (Å²) >= 11 is 6.48. The zero-order valence-electron chi connectivity index (χ0n) is 19.9. The Bertz CT molecular complexity index is 1290. The molecule has 0 aliphatic carbocycles. The highest BCUT2D eigenvalue weighted by molar-refractivity contribution is 6.32. The monoisotopic (exact) mass is 517 g/mol. The Morgan fingerprint density at radius 2 is 2.06 bits per heavy atom. The van der Waals surface area contributed by atoms with Crippen LogP contribution in [0.15, 0.2) is 41.0 Å². The molecule has 0 fully saturated rings. The molecule has 36 heavy (non-hydrogen) atoms. The number of aliphatic hydroxyl groups excluding tert-OH is 1. The lowest BCUT2D eigenvalue weighted by molar-refractivity contribution is -0.00887. The van der Waals surface area contributed by atoms with Crippen LogP contribution in [0.3, 0.4) is 0 Å². The fraction of sp³-hybridized carbons (Fsp3) is 0.360. The average molecular weight is 518 g/mol. The summed E-state index contributed by atoms with van der Waals surface area (Å²) in [4.78, 5) is 18.8. The number of urea groups is 1. The molecule has 0 atom stereocenters. The SMILES string of the molecule is CCC(F)(F)c1ccc(NC(=O)N2CC=C(c3ncc(Cc4nnc(CO)o4)cc3Cl)CC2)cc1C. The third-order valence-corrected chi connectivity index (χ3v) is 6.30. The summed E-state index contributed by atoms with van der Waals surface area (Å²) in [5, 5.41) is 19.9. The van der Waals surface area contributed by atoms with E-state index in [0.29, 0.717) is 53.8 Å². The lowest BCUT2D eigenvalue weighted by Crippen LogP contribution is -2.38. The molecule has 8 nitrogen and oxygen atoms in total. The third kappa shape index (κ3) is 5.71. The van der Waals surface area contributed by atoms with E-state index >= 15 is 0 Å². The fourth-order valence-corrected chi connectivity index (χ4v) is 4.33. The minimum absolute atomic E-state index is 0.0315. The van der Waals surface area contributed by atoms with E-state index in [1.54, 1.807) is 30.2 Å². The van der Waals surface area contributed by atoms with Crippen molar-refractivity contribution >= 4 is 28.9 Å². The van der Waals surface area contributed by atoms with E-state index in [0.717, 1.165) is 11.1 Å². The van der Waals surface area contributed by atoms with Gasteiger partial charge in [0.15, 0.2) is 0 Å². The summed E-state index contributed by atoms with van der Waals surface area (Å²) in [5.74, 6) is -2.40. The van der Waals surface area contributed by atoms with Gasteiger partial charge >= 0.3 is 6.03 Å². The predicted octanol–water partition coefficient (Wildman–Crippen LogP) is 5.33. The van der Waals surface area contributed by atoms with Crippen molar-refractivity contribution in [3.63, 3.8) is 0 Å². The van der Waals surface area contributed by atoms with Crippen LogP contribution in [0.4, 0.5) is 19.3 Å². The molecule has 11 heteroatoms. The van der Waals surface area contributed by atoms with Crippen molar-refractivity contribution in [1.82, 2.24) is 20.1 Å². The molecule has 2 N–H and O–H groups in total. The quantitative estimate of drug-likeness (QED) is 0.439. The normalized spacial score (nSPS) is 14.1. The van der Waals surface area contributed by atoms with Crippen molar-refractivity contribution in [2.24, 2.45) is 0 Å². The van der Waals surface area contributed by atoms with Crippen molar-refractivity contribution in [2.45, 2.75) is 45.6 Å². The number of aryl methyl sites for hydroxylation is 1. The molecule has 2 aromatic heterocycles. The van der Waals surface area contributed by atoms with Gasteiger partial charge in [0.05, 0.1) is 17.1 Å². The van der Waals surface area contributed by atoms with Gasteiger partial charge in [0.1, 0.15) is 6.61 Å². The molecule has 3 heterocycles. The van der Waals surface area contributed by atoms with Crippen LogP contribution in [-0.4, -0.2) is 44.3 Å². The van der Waals surface area contributed by atoms with Gasteiger partial charge in [-0.25, -0.2) is 13.6 Å². The van der Waals surface area contributed by atoms with E-state index in [-0.39, 0.29) is 30.5 Å². The van der Waals surface area contributed by atoms with Gasteiger partial charge in [-0.15, -0.1) is 10.2 Å². The first kappa shape index (κ1) is 25.7. The van der Waals surface area contributed by atoms with Gasteiger partial charge in [-0.3, -0.25) is 4.98 Å². The maximum absolute atomic E-state index is 14.0.